The van der Waals surface area contributed by atoms with Crippen LogP contribution in [0, 0.1) is 6.92 Å². The normalized spacial score (nSPS) is 14.0. The van der Waals surface area contributed by atoms with Crippen LogP contribution >= 0.6 is 11.8 Å². The maximum Gasteiger partial charge on any atom is 0.323 e. The van der Waals surface area contributed by atoms with E-state index in [-0.39, 0.29) is 6.03 Å². The highest BCUT2D eigenvalue weighted by Gasteiger charge is 2.18. The minimum Gasteiger partial charge on any atom is -0.366 e. The van der Waals surface area contributed by atoms with Gasteiger partial charge in [0.15, 0.2) is 5.82 Å². The molecule has 144 valence electrons. The van der Waals surface area contributed by atoms with Crippen molar-refractivity contribution in [1.82, 2.24) is 19.7 Å². The molecule has 2 N–H and O–H groups in total. The fourth-order valence-corrected chi connectivity index (χ4v) is 3.86. The summed E-state index contributed by atoms with van der Waals surface area (Å²) in [5, 5.41) is 9.97. The van der Waals surface area contributed by atoms with Crippen LogP contribution in [0.25, 0.3) is 5.82 Å². The summed E-state index contributed by atoms with van der Waals surface area (Å²) in [5.74, 6) is 2.87. The predicted octanol–water partition coefficient (Wildman–Crippen LogP) is 3.17. The fraction of sp³-hybridized carbons (Fsp3) is 0.263. The maximum absolute atomic E-state index is 12.2. The molecule has 9 heteroatoms. The van der Waals surface area contributed by atoms with Crippen molar-refractivity contribution in [3.8, 4) is 5.82 Å². The number of hydrogen-bond donors (Lipinski definition) is 2. The highest BCUT2D eigenvalue weighted by Crippen LogP contribution is 2.24. The van der Waals surface area contributed by atoms with Gasteiger partial charge in [0.1, 0.15) is 12.0 Å². The van der Waals surface area contributed by atoms with Crippen molar-refractivity contribution >= 4 is 34.9 Å². The number of thioether (sulfide) groups is 1. The molecule has 1 saturated heterocycles. The molecule has 0 spiro atoms. The van der Waals surface area contributed by atoms with Gasteiger partial charge in [-0.1, -0.05) is 17.7 Å². The van der Waals surface area contributed by atoms with E-state index in [0.29, 0.717) is 11.5 Å². The Bertz CT molecular complexity index is 951. The number of anilines is 3. The van der Waals surface area contributed by atoms with Crippen LogP contribution in [0.4, 0.5) is 21.9 Å². The SMILES string of the molecule is Cc1ccc(NC(=O)Nc2cnn(-c3ncncc3N3CCSCC3)c2)cc1. The Morgan fingerprint density at radius 1 is 1.07 bits per heavy atom. The highest BCUT2D eigenvalue weighted by atomic mass is 32.2. The molecule has 1 aliphatic rings. The van der Waals surface area contributed by atoms with Crippen LogP contribution in [0.5, 0.6) is 0 Å². The number of aryl methyl sites for hydroxylation is 1. The first-order valence-corrected chi connectivity index (χ1v) is 10.2. The summed E-state index contributed by atoms with van der Waals surface area (Å²) in [7, 11) is 0. The zero-order chi connectivity index (χ0) is 19.3. The van der Waals surface area contributed by atoms with E-state index in [1.54, 1.807) is 17.1 Å². The molecule has 28 heavy (non-hydrogen) atoms. The third-order valence-electron chi connectivity index (χ3n) is 4.39. The molecule has 1 fully saturated rings. The fourth-order valence-electron chi connectivity index (χ4n) is 2.95. The molecule has 1 aliphatic heterocycles. The van der Waals surface area contributed by atoms with E-state index in [4.69, 9.17) is 0 Å². The van der Waals surface area contributed by atoms with Gasteiger partial charge < -0.3 is 15.5 Å². The zero-order valence-electron chi connectivity index (χ0n) is 15.5. The molecular weight excluding hydrogens is 374 g/mol. The number of rotatable bonds is 4. The van der Waals surface area contributed by atoms with Gasteiger partial charge in [0.25, 0.3) is 0 Å². The van der Waals surface area contributed by atoms with E-state index in [2.05, 4.69) is 30.6 Å². The van der Waals surface area contributed by atoms with Gasteiger partial charge in [0.05, 0.1) is 24.3 Å². The lowest BCUT2D eigenvalue weighted by atomic mass is 10.2. The number of benzene rings is 1. The summed E-state index contributed by atoms with van der Waals surface area (Å²) in [6, 6.07) is 7.30. The molecule has 2 amide bonds. The second-order valence-corrected chi connectivity index (χ2v) is 7.67. The van der Waals surface area contributed by atoms with Crippen molar-refractivity contribution in [3.05, 3.63) is 54.7 Å². The molecule has 0 saturated carbocycles. The van der Waals surface area contributed by atoms with E-state index in [0.717, 1.165) is 41.5 Å². The first kappa shape index (κ1) is 18.3. The summed E-state index contributed by atoms with van der Waals surface area (Å²) < 4.78 is 1.67. The number of carbonyl (C=O) groups excluding carboxylic acids is 1. The predicted molar refractivity (Wildman–Crippen MR) is 113 cm³/mol. The summed E-state index contributed by atoms with van der Waals surface area (Å²) in [4.78, 5) is 23.1. The Labute approximate surface area is 167 Å². The Morgan fingerprint density at radius 2 is 1.82 bits per heavy atom. The lowest BCUT2D eigenvalue weighted by molar-refractivity contribution is 0.262. The standard InChI is InChI=1S/C19H21N7OS/c1-14-2-4-15(5-3-14)23-19(27)24-16-10-22-26(12-16)18-17(11-20-13-21-18)25-6-8-28-9-7-25/h2-5,10-13H,6-9H2,1H3,(H2,23,24,27). The zero-order valence-corrected chi connectivity index (χ0v) is 16.3. The minimum atomic E-state index is -0.320. The second kappa shape index (κ2) is 8.30. The molecule has 0 atom stereocenters. The van der Waals surface area contributed by atoms with Crippen molar-refractivity contribution in [2.45, 2.75) is 6.92 Å². The molecule has 0 radical (unpaired) electrons. The Kier molecular flexibility index (Phi) is 5.43. The van der Waals surface area contributed by atoms with Gasteiger partial charge >= 0.3 is 6.03 Å². The van der Waals surface area contributed by atoms with Crippen molar-refractivity contribution in [2.75, 3.05) is 40.1 Å². The lowest BCUT2D eigenvalue weighted by Crippen LogP contribution is -2.33. The largest absolute Gasteiger partial charge is 0.366 e. The maximum atomic E-state index is 12.2. The van der Waals surface area contributed by atoms with Crippen LogP contribution in [0.15, 0.2) is 49.2 Å². The number of hydrogen-bond acceptors (Lipinski definition) is 6. The monoisotopic (exact) mass is 395 g/mol. The molecule has 2 aromatic heterocycles. The molecule has 3 heterocycles. The van der Waals surface area contributed by atoms with E-state index in [1.807, 2.05) is 49.1 Å². The number of amides is 2. The highest BCUT2D eigenvalue weighted by molar-refractivity contribution is 7.99. The smallest absolute Gasteiger partial charge is 0.323 e. The molecule has 8 nitrogen and oxygen atoms in total. The van der Waals surface area contributed by atoms with Crippen LogP contribution in [0.3, 0.4) is 0 Å². The van der Waals surface area contributed by atoms with Crippen molar-refractivity contribution < 1.29 is 4.79 Å². The van der Waals surface area contributed by atoms with Gasteiger partial charge in [0.2, 0.25) is 0 Å². The topological polar surface area (TPSA) is 88.0 Å². The number of aromatic nitrogens is 4. The Hall–Kier alpha value is -3.07. The summed E-state index contributed by atoms with van der Waals surface area (Å²) >= 11 is 1.95. The molecular formula is C19H21N7OS. The molecule has 1 aromatic carbocycles. The van der Waals surface area contributed by atoms with Crippen LogP contribution in [0.2, 0.25) is 0 Å². The average Bonchev–Trinajstić information content (AvgIpc) is 3.18. The Morgan fingerprint density at radius 3 is 2.61 bits per heavy atom. The van der Waals surface area contributed by atoms with Crippen LogP contribution in [-0.4, -0.2) is 50.4 Å². The summed E-state index contributed by atoms with van der Waals surface area (Å²) in [6.45, 7) is 3.91. The number of carbonyl (C=O) groups is 1. The summed E-state index contributed by atoms with van der Waals surface area (Å²) in [5.41, 5.74) is 3.40. The first-order valence-electron chi connectivity index (χ1n) is 9.01. The quantitative estimate of drug-likeness (QED) is 0.705. The number of urea groups is 1. The summed E-state index contributed by atoms with van der Waals surface area (Å²) in [6.07, 6.45) is 6.68. The van der Waals surface area contributed by atoms with Crippen molar-refractivity contribution in [2.24, 2.45) is 0 Å². The lowest BCUT2D eigenvalue weighted by Gasteiger charge is -2.29. The van der Waals surface area contributed by atoms with Gasteiger partial charge in [-0.15, -0.1) is 0 Å². The average molecular weight is 395 g/mol. The molecule has 0 unspecified atom stereocenters. The van der Waals surface area contributed by atoms with Crippen LogP contribution in [0.1, 0.15) is 5.56 Å². The van der Waals surface area contributed by atoms with Gasteiger partial charge in [-0.25, -0.2) is 19.4 Å². The molecule has 3 aromatic rings. The van der Waals surface area contributed by atoms with Crippen LogP contribution in [-0.2, 0) is 0 Å². The number of nitrogens with one attached hydrogen (secondary N) is 2. The third kappa shape index (κ3) is 4.25. The Balaban J connectivity index is 1.47. The first-order chi connectivity index (χ1) is 13.7. The van der Waals surface area contributed by atoms with E-state index < -0.39 is 0 Å². The molecule has 0 bridgehead atoms. The molecule has 4 rings (SSSR count). The minimum absolute atomic E-state index is 0.320. The van der Waals surface area contributed by atoms with Crippen molar-refractivity contribution in [1.29, 1.82) is 0 Å². The van der Waals surface area contributed by atoms with E-state index in [1.165, 1.54) is 6.33 Å². The van der Waals surface area contributed by atoms with Gasteiger partial charge in [-0.05, 0) is 19.1 Å². The van der Waals surface area contributed by atoms with Gasteiger partial charge in [-0.2, -0.15) is 16.9 Å². The second-order valence-electron chi connectivity index (χ2n) is 6.45. The van der Waals surface area contributed by atoms with Gasteiger partial charge in [0, 0.05) is 30.3 Å². The van der Waals surface area contributed by atoms with Crippen LogP contribution < -0.4 is 15.5 Å². The number of nitrogens with zero attached hydrogens (tertiary/aromatic N) is 5. The van der Waals surface area contributed by atoms with Crippen molar-refractivity contribution in [3.63, 3.8) is 0 Å². The van der Waals surface area contributed by atoms with Gasteiger partial charge in [-0.3, -0.25) is 0 Å². The van der Waals surface area contributed by atoms with E-state index >= 15 is 0 Å². The third-order valence-corrected chi connectivity index (χ3v) is 5.33. The van der Waals surface area contributed by atoms with E-state index in [9.17, 15) is 4.79 Å². The molecule has 0 aliphatic carbocycles.